The van der Waals surface area contributed by atoms with Crippen LogP contribution >= 0.6 is 0 Å². The van der Waals surface area contributed by atoms with Crippen molar-refractivity contribution < 1.29 is 4.79 Å². The Labute approximate surface area is 186 Å². The van der Waals surface area contributed by atoms with Gasteiger partial charge in [-0.25, -0.2) is 0 Å². The van der Waals surface area contributed by atoms with E-state index in [9.17, 15) is 4.79 Å². The predicted molar refractivity (Wildman–Crippen MR) is 125 cm³/mol. The lowest BCUT2D eigenvalue weighted by atomic mass is 9.97. The molecule has 2 aliphatic heterocycles. The summed E-state index contributed by atoms with van der Waals surface area (Å²) in [5, 5.41) is 12.1. The third kappa shape index (κ3) is 6.03. The van der Waals surface area contributed by atoms with E-state index in [-0.39, 0.29) is 11.8 Å². The third-order valence-electron chi connectivity index (χ3n) is 6.48. The van der Waals surface area contributed by atoms with E-state index in [0.29, 0.717) is 0 Å². The van der Waals surface area contributed by atoms with Crippen LogP contribution in [0.5, 0.6) is 0 Å². The van der Waals surface area contributed by atoms with Crippen LogP contribution in [0.1, 0.15) is 44.1 Å². The second-order valence-electron chi connectivity index (χ2n) is 8.98. The van der Waals surface area contributed by atoms with E-state index in [1.165, 1.54) is 37.9 Å². The van der Waals surface area contributed by atoms with Gasteiger partial charge in [0.15, 0.2) is 5.82 Å². The van der Waals surface area contributed by atoms with Gasteiger partial charge in [-0.2, -0.15) is 0 Å². The topological polar surface area (TPSA) is 61.4 Å². The van der Waals surface area contributed by atoms with Gasteiger partial charge in [0.25, 0.3) is 0 Å². The minimum absolute atomic E-state index is 0.0296. The number of hydrogen-bond donors (Lipinski definition) is 1. The van der Waals surface area contributed by atoms with E-state index in [2.05, 4.69) is 50.4 Å². The van der Waals surface area contributed by atoms with Crippen LogP contribution in [-0.2, 0) is 4.79 Å². The largest absolute Gasteiger partial charge is 0.356 e. The number of nitrogens with one attached hydrogen (secondary N) is 1. The highest BCUT2D eigenvalue weighted by atomic mass is 16.1. The standard InChI is InChI=1S/C25H35N5O/c1-20-8-5-9-21(18-20)23-11-12-24(28-27-23)30-17-6-10-22(19-30)25(31)26-13-7-16-29-14-3-2-4-15-29/h5,8-9,11-12,18,22H,2-4,6-7,10,13-17,19H2,1H3,(H,26,31). The number of piperidine rings is 2. The van der Waals surface area contributed by atoms with E-state index in [1.54, 1.807) is 0 Å². The van der Waals surface area contributed by atoms with Crippen LogP contribution in [0.15, 0.2) is 36.4 Å². The molecule has 1 amide bonds. The maximum atomic E-state index is 12.7. The molecule has 6 nitrogen and oxygen atoms in total. The van der Waals surface area contributed by atoms with Crippen molar-refractivity contribution in [3.8, 4) is 11.3 Å². The highest BCUT2D eigenvalue weighted by molar-refractivity contribution is 5.79. The van der Waals surface area contributed by atoms with E-state index in [4.69, 9.17) is 0 Å². The number of likely N-dealkylation sites (tertiary alicyclic amines) is 1. The number of aryl methyl sites for hydroxylation is 1. The average molecular weight is 422 g/mol. The molecule has 0 spiro atoms. The zero-order valence-corrected chi connectivity index (χ0v) is 18.7. The molecule has 2 aliphatic rings. The molecule has 6 heteroatoms. The van der Waals surface area contributed by atoms with Gasteiger partial charge in [0.05, 0.1) is 11.6 Å². The molecule has 0 bridgehead atoms. The molecular formula is C25H35N5O. The first-order chi connectivity index (χ1) is 15.2. The van der Waals surface area contributed by atoms with Crippen LogP contribution in [0.3, 0.4) is 0 Å². The molecule has 1 aromatic heterocycles. The van der Waals surface area contributed by atoms with Gasteiger partial charge in [0, 0.05) is 25.2 Å². The van der Waals surface area contributed by atoms with E-state index >= 15 is 0 Å². The number of carbonyl (C=O) groups is 1. The Morgan fingerprint density at radius 3 is 2.71 bits per heavy atom. The summed E-state index contributed by atoms with van der Waals surface area (Å²) in [4.78, 5) is 17.4. The second kappa shape index (κ2) is 10.7. The molecule has 1 unspecified atom stereocenters. The van der Waals surface area contributed by atoms with Gasteiger partial charge in [-0.1, -0.05) is 30.2 Å². The lowest BCUT2D eigenvalue weighted by Crippen LogP contribution is -2.44. The molecule has 1 atom stereocenters. The third-order valence-corrected chi connectivity index (χ3v) is 6.48. The fourth-order valence-electron chi connectivity index (χ4n) is 4.69. The van der Waals surface area contributed by atoms with Crippen LogP contribution < -0.4 is 10.2 Å². The Morgan fingerprint density at radius 1 is 1.06 bits per heavy atom. The minimum atomic E-state index is 0.0296. The average Bonchev–Trinajstić information content (AvgIpc) is 2.82. The van der Waals surface area contributed by atoms with Crippen LogP contribution in [0.25, 0.3) is 11.3 Å². The maximum Gasteiger partial charge on any atom is 0.224 e. The normalized spacial score (nSPS) is 19.9. The van der Waals surface area contributed by atoms with Crippen molar-refractivity contribution in [3.63, 3.8) is 0 Å². The first-order valence-corrected chi connectivity index (χ1v) is 11.8. The first kappa shape index (κ1) is 21.8. The summed E-state index contributed by atoms with van der Waals surface area (Å²) < 4.78 is 0. The van der Waals surface area contributed by atoms with Gasteiger partial charge in [0.1, 0.15) is 0 Å². The number of carbonyl (C=O) groups excluding carboxylic acids is 1. The van der Waals surface area contributed by atoms with Crippen molar-refractivity contribution in [1.82, 2.24) is 20.4 Å². The van der Waals surface area contributed by atoms with Gasteiger partial charge < -0.3 is 15.1 Å². The highest BCUT2D eigenvalue weighted by Gasteiger charge is 2.26. The highest BCUT2D eigenvalue weighted by Crippen LogP contribution is 2.24. The molecule has 166 valence electrons. The molecule has 2 aromatic rings. The predicted octanol–water partition coefficient (Wildman–Crippen LogP) is 3.66. The molecule has 31 heavy (non-hydrogen) atoms. The summed E-state index contributed by atoms with van der Waals surface area (Å²) in [5.74, 6) is 1.08. The zero-order chi connectivity index (χ0) is 21.5. The summed E-state index contributed by atoms with van der Waals surface area (Å²) in [6.07, 6.45) is 6.99. The fourth-order valence-corrected chi connectivity index (χ4v) is 4.69. The van der Waals surface area contributed by atoms with E-state index < -0.39 is 0 Å². The van der Waals surface area contributed by atoms with Crippen LogP contribution in [0.2, 0.25) is 0 Å². The van der Waals surface area contributed by atoms with Crippen LogP contribution in [0.4, 0.5) is 5.82 Å². The quantitative estimate of drug-likeness (QED) is 0.692. The molecule has 1 N–H and O–H groups in total. The number of anilines is 1. The SMILES string of the molecule is Cc1cccc(-c2ccc(N3CCCC(C(=O)NCCCN4CCCCC4)C3)nn2)c1. The van der Waals surface area contributed by atoms with E-state index in [1.807, 2.05) is 18.2 Å². The van der Waals surface area contributed by atoms with Gasteiger partial charge in [-0.15, -0.1) is 10.2 Å². The van der Waals surface area contributed by atoms with Crippen molar-refractivity contribution in [1.29, 1.82) is 0 Å². The zero-order valence-electron chi connectivity index (χ0n) is 18.7. The van der Waals surface area contributed by atoms with Gasteiger partial charge in [-0.05, 0) is 76.9 Å². The molecule has 0 radical (unpaired) electrons. The van der Waals surface area contributed by atoms with Crippen molar-refractivity contribution in [2.45, 2.75) is 45.4 Å². The number of nitrogens with zero attached hydrogens (tertiary/aromatic N) is 4. The van der Waals surface area contributed by atoms with Crippen LogP contribution in [-0.4, -0.2) is 60.3 Å². The minimum Gasteiger partial charge on any atom is -0.356 e. The van der Waals surface area contributed by atoms with Crippen molar-refractivity contribution in [2.75, 3.05) is 44.2 Å². The lowest BCUT2D eigenvalue weighted by molar-refractivity contribution is -0.125. The monoisotopic (exact) mass is 421 g/mol. The molecule has 3 heterocycles. The maximum absolute atomic E-state index is 12.7. The smallest absolute Gasteiger partial charge is 0.224 e. The Morgan fingerprint density at radius 2 is 1.94 bits per heavy atom. The number of hydrogen-bond acceptors (Lipinski definition) is 5. The van der Waals surface area contributed by atoms with Gasteiger partial charge >= 0.3 is 0 Å². The molecule has 2 saturated heterocycles. The Hall–Kier alpha value is -2.47. The molecule has 4 rings (SSSR count). The number of benzene rings is 1. The molecule has 0 aliphatic carbocycles. The Bertz CT molecular complexity index is 847. The summed E-state index contributed by atoms with van der Waals surface area (Å²) in [5.41, 5.74) is 3.18. The molecule has 0 saturated carbocycles. The summed E-state index contributed by atoms with van der Waals surface area (Å²) in [6.45, 7) is 8.03. The molecule has 1 aromatic carbocycles. The summed E-state index contributed by atoms with van der Waals surface area (Å²) in [7, 11) is 0. The number of rotatable bonds is 7. The Kier molecular flexibility index (Phi) is 7.52. The summed E-state index contributed by atoms with van der Waals surface area (Å²) in [6, 6.07) is 12.4. The first-order valence-electron chi connectivity index (χ1n) is 11.8. The Balaban J connectivity index is 1.26. The molecular weight excluding hydrogens is 386 g/mol. The number of amides is 1. The lowest BCUT2D eigenvalue weighted by Gasteiger charge is -2.32. The van der Waals surface area contributed by atoms with Crippen molar-refractivity contribution in [3.05, 3.63) is 42.0 Å². The van der Waals surface area contributed by atoms with E-state index in [0.717, 1.165) is 62.5 Å². The molecule has 2 fully saturated rings. The van der Waals surface area contributed by atoms with Gasteiger partial charge in [-0.3, -0.25) is 4.79 Å². The second-order valence-corrected chi connectivity index (χ2v) is 8.98. The van der Waals surface area contributed by atoms with Crippen LogP contribution in [0, 0.1) is 12.8 Å². The van der Waals surface area contributed by atoms with Crippen molar-refractivity contribution in [2.24, 2.45) is 5.92 Å². The number of aromatic nitrogens is 2. The fraction of sp³-hybridized carbons (Fsp3) is 0.560. The van der Waals surface area contributed by atoms with Gasteiger partial charge in [0.2, 0.25) is 5.91 Å². The van der Waals surface area contributed by atoms with Crippen molar-refractivity contribution >= 4 is 11.7 Å². The summed E-state index contributed by atoms with van der Waals surface area (Å²) >= 11 is 0.